The zero-order valence-corrected chi connectivity index (χ0v) is 12.6. The first-order chi connectivity index (χ1) is 10.6. The van der Waals surface area contributed by atoms with Crippen LogP contribution in [0.5, 0.6) is 0 Å². The van der Waals surface area contributed by atoms with Crippen LogP contribution in [0, 0.1) is 5.82 Å². The van der Waals surface area contributed by atoms with Gasteiger partial charge in [-0.15, -0.1) is 0 Å². The van der Waals surface area contributed by atoms with Gasteiger partial charge in [-0.2, -0.15) is 0 Å². The molecule has 3 rings (SSSR count). The van der Waals surface area contributed by atoms with Gasteiger partial charge in [0.15, 0.2) is 0 Å². The number of amides is 1. The fraction of sp³-hybridized carbons (Fsp3) is 0.0588. The lowest BCUT2D eigenvalue weighted by Gasteiger charge is -2.17. The fourth-order valence-corrected chi connectivity index (χ4v) is 3.24. The van der Waals surface area contributed by atoms with E-state index >= 15 is 0 Å². The van der Waals surface area contributed by atoms with E-state index in [9.17, 15) is 14.0 Å². The number of hydrogen-bond acceptors (Lipinski definition) is 3. The Labute approximate surface area is 131 Å². The van der Waals surface area contributed by atoms with E-state index in [0.717, 1.165) is 4.90 Å². The molecule has 110 valence electrons. The summed E-state index contributed by atoms with van der Waals surface area (Å²) in [4.78, 5) is 26.6. The lowest BCUT2D eigenvalue weighted by molar-refractivity contribution is -0.116. The van der Waals surface area contributed by atoms with Gasteiger partial charge in [-0.1, -0.05) is 36.0 Å². The number of ketones is 1. The van der Waals surface area contributed by atoms with Crippen molar-refractivity contribution in [3.05, 3.63) is 71.0 Å². The molecule has 0 aromatic heterocycles. The van der Waals surface area contributed by atoms with Crippen molar-refractivity contribution in [2.45, 2.75) is 11.8 Å². The smallest absolute Gasteiger partial charge is 0.228 e. The molecular formula is C17H12FNO2S. The zero-order valence-electron chi connectivity index (χ0n) is 11.7. The first-order valence-corrected chi connectivity index (χ1v) is 7.47. The Kier molecular flexibility index (Phi) is 3.81. The van der Waals surface area contributed by atoms with Gasteiger partial charge < -0.3 is 0 Å². The lowest BCUT2D eigenvalue weighted by atomic mass is 10.1. The van der Waals surface area contributed by atoms with Gasteiger partial charge in [0.2, 0.25) is 11.7 Å². The molecule has 0 spiro atoms. The number of allylic oxidation sites excluding steroid dienone is 1. The van der Waals surface area contributed by atoms with Crippen LogP contribution in [-0.2, 0) is 4.79 Å². The highest BCUT2D eigenvalue weighted by Gasteiger charge is 2.27. The second-order valence-corrected chi connectivity index (χ2v) is 5.84. The molecule has 1 aliphatic heterocycles. The third-order valence-electron chi connectivity index (χ3n) is 3.27. The minimum Gasteiger partial charge on any atom is -0.288 e. The topological polar surface area (TPSA) is 37.4 Å². The van der Waals surface area contributed by atoms with Crippen LogP contribution < -0.4 is 4.90 Å². The third-order valence-corrected chi connectivity index (χ3v) is 4.36. The van der Waals surface area contributed by atoms with Gasteiger partial charge in [0.25, 0.3) is 0 Å². The molecule has 0 bridgehead atoms. The van der Waals surface area contributed by atoms with E-state index < -0.39 is 5.82 Å². The molecule has 22 heavy (non-hydrogen) atoms. The number of para-hydroxylation sites is 1. The van der Waals surface area contributed by atoms with Crippen molar-refractivity contribution in [1.82, 2.24) is 0 Å². The second-order valence-electron chi connectivity index (χ2n) is 4.76. The average molecular weight is 313 g/mol. The van der Waals surface area contributed by atoms with E-state index in [4.69, 9.17) is 0 Å². The number of fused-ring (bicyclic) bond motifs is 1. The van der Waals surface area contributed by atoms with E-state index in [-0.39, 0.29) is 17.4 Å². The van der Waals surface area contributed by atoms with Crippen LogP contribution >= 0.6 is 11.8 Å². The number of benzene rings is 2. The highest BCUT2D eigenvalue weighted by molar-refractivity contribution is 8.04. The van der Waals surface area contributed by atoms with Gasteiger partial charge in [-0.3, -0.25) is 14.5 Å². The summed E-state index contributed by atoms with van der Waals surface area (Å²) in [6, 6.07) is 13.2. The highest BCUT2D eigenvalue weighted by Crippen LogP contribution is 2.40. The Morgan fingerprint density at radius 2 is 1.82 bits per heavy atom. The molecule has 0 saturated carbocycles. The van der Waals surface area contributed by atoms with Gasteiger partial charge >= 0.3 is 0 Å². The van der Waals surface area contributed by atoms with Gasteiger partial charge in [0.1, 0.15) is 5.82 Å². The van der Waals surface area contributed by atoms with Crippen LogP contribution in [-0.4, -0.2) is 11.7 Å². The maximum atomic E-state index is 13.9. The molecule has 2 aromatic carbocycles. The molecule has 0 unspecified atom stereocenters. The minimum atomic E-state index is -0.512. The Hall–Kier alpha value is -2.40. The number of anilines is 1. The number of Topliss-reactive ketones (excluding diaryl/α,β-unsaturated/α-hetero) is 1. The van der Waals surface area contributed by atoms with Crippen molar-refractivity contribution >= 4 is 29.1 Å². The van der Waals surface area contributed by atoms with Gasteiger partial charge in [-0.25, -0.2) is 4.39 Å². The summed E-state index contributed by atoms with van der Waals surface area (Å²) in [5, 5.41) is 0. The Morgan fingerprint density at radius 1 is 1.14 bits per heavy atom. The van der Waals surface area contributed by atoms with E-state index in [1.807, 2.05) is 12.1 Å². The molecule has 0 aliphatic carbocycles. The molecule has 1 amide bonds. The first-order valence-electron chi connectivity index (χ1n) is 6.65. The largest absolute Gasteiger partial charge is 0.288 e. The van der Waals surface area contributed by atoms with E-state index in [1.165, 1.54) is 41.9 Å². The Bertz CT molecular complexity index is 801. The van der Waals surface area contributed by atoms with Crippen LogP contribution in [0.3, 0.4) is 0 Å². The minimum absolute atomic E-state index is 0.131. The number of rotatable bonds is 2. The molecular weight excluding hydrogens is 301 g/mol. The SMILES string of the molecule is CC(=O)N(C=C1Sc2ccccc2C1=O)c1ccccc1F. The standard InChI is InChI=1S/C17H12FNO2S/c1-11(20)19(14-8-4-3-7-13(14)18)10-16-17(21)12-6-2-5-9-15(12)22-16/h2-10H,1H3. The Balaban J connectivity index is 2.01. The van der Waals surface area contributed by atoms with Crippen LogP contribution in [0.15, 0.2) is 64.5 Å². The fourth-order valence-electron chi connectivity index (χ4n) is 2.22. The summed E-state index contributed by atoms with van der Waals surface area (Å²) >= 11 is 1.29. The van der Waals surface area contributed by atoms with Gasteiger partial charge in [0.05, 0.1) is 10.6 Å². The molecule has 0 N–H and O–H groups in total. The van der Waals surface area contributed by atoms with Gasteiger partial charge in [0, 0.05) is 23.6 Å². The second kappa shape index (κ2) is 5.77. The van der Waals surface area contributed by atoms with E-state index in [0.29, 0.717) is 10.5 Å². The van der Waals surface area contributed by atoms with Crippen molar-refractivity contribution in [3.8, 4) is 0 Å². The zero-order chi connectivity index (χ0) is 15.7. The number of thioether (sulfide) groups is 1. The predicted molar refractivity (Wildman–Crippen MR) is 84.3 cm³/mol. The first kappa shape index (κ1) is 14.5. The third kappa shape index (κ3) is 2.55. The number of nitrogens with zero attached hydrogens (tertiary/aromatic N) is 1. The maximum absolute atomic E-state index is 13.9. The van der Waals surface area contributed by atoms with Crippen LogP contribution in [0.4, 0.5) is 10.1 Å². The quantitative estimate of drug-likeness (QED) is 0.786. The highest BCUT2D eigenvalue weighted by atomic mass is 32.2. The van der Waals surface area contributed by atoms with E-state index in [2.05, 4.69) is 0 Å². The summed E-state index contributed by atoms with van der Waals surface area (Å²) < 4.78 is 13.9. The van der Waals surface area contributed by atoms with Crippen molar-refractivity contribution in [1.29, 1.82) is 0 Å². The van der Waals surface area contributed by atoms with Gasteiger partial charge in [-0.05, 0) is 24.3 Å². The van der Waals surface area contributed by atoms with Crippen molar-refractivity contribution in [2.24, 2.45) is 0 Å². The summed E-state index contributed by atoms with van der Waals surface area (Å²) in [6.07, 6.45) is 1.41. The molecule has 2 aromatic rings. The molecule has 0 radical (unpaired) electrons. The number of hydrogen-bond donors (Lipinski definition) is 0. The number of carbonyl (C=O) groups is 2. The molecule has 1 heterocycles. The van der Waals surface area contributed by atoms with Crippen LogP contribution in [0.2, 0.25) is 0 Å². The van der Waals surface area contributed by atoms with Crippen molar-refractivity contribution in [3.63, 3.8) is 0 Å². The molecule has 1 aliphatic rings. The van der Waals surface area contributed by atoms with Crippen molar-refractivity contribution < 1.29 is 14.0 Å². The molecule has 0 saturated heterocycles. The van der Waals surface area contributed by atoms with Crippen LogP contribution in [0.25, 0.3) is 0 Å². The number of carbonyl (C=O) groups excluding carboxylic acids is 2. The summed E-state index contributed by atoms with van der Waals surface area (Å²) in [5.74, 6) is -1.02. The van der Waals surface area contributed by atoms with Crippen molar-refractivity contribution in [2.75, 3.05) is 4.90 Å². The Morgan fingerprint density at radius 3 is 2.50 bits per heavy atom. The molecule has 5 heteroatoms. The molecule has 3 nitrogen and oxygen atoms in total. The monoisotopic (exact) mass is 313 g/mol. The summed E-state index contributed by atoms with van der Waals surface area (Å²) in [5.41, 5.74) is 0.739. The normalized spacial score (nSPS) is 15.0. The van der Waals surface area contributed by atoms with Crippen LogP contribution in [0.1, 0.15) is 17.3 Å². The maximum Gasteiger partial charge on any atom is 0.228 e. The van der Waals surface area contributed by atoms with E-state index in [1.54, 1.807) is 24.3 Å². The summed E-state index contributed by atoms with van der Waals surface area (Å²) in [7, 11) is 0. The predicted octanol–water partition coefficient (Wildman–Crippen LogP) is 4.01. The average Bonchev–Trinajstić information content (AvgIpc) is 2.82. The lowest BCUT2D eigenvalue weighted by Crippen LogP contribution is -2.24. The summed E-state index contributed by atoms with van der Waals surface area (Å²) in [6.45, 7) is 1.33. The molecule has 0 fully saturated rings. The molecule has 0 atom stereocenters. The number of halogens is 1.